The molecule has 16 heavy (non-hydrogen) atoms. The van der Waals surface area contributed by atoms with Gasteiger partial charge in [-0.1, -0.05) is 41.6 Å². The molecule has 1 aromatic carbocycles. The van der Waals surface area contributed by atoms with Crippen molar-refractivity contribution < 1.29 is 4.42 Å². The summed E-state index contributed by atoms with van der Waals surface area (Å²) in [6.45, 7) is 2.64. The molecule has 0 radical (unpaired) electrons. The minimum Gasteiger partial charge on any atom is -0.440 e. The van der Waals surface area contributed by atoms with Crippen molar-refractivity contribution in [3.63, 3.8) is 0 Å². The predicted molar refractivity (Wildman–Crippen MR) is 65.3 cm³/mol. The smallest absolute Gasteiger partial charge is 0.256 e. The first kappa shape index (κ1) is 11.2. The molecule has 3 nitrogen and oxygen atoms in total. The normalized spacial score (nSPS) is 12.6. The summed E-state index contributed by atoms with van der Waals surface area (Å²) in [5.41, 5.74) is 8.22. The van der Waals surface area contributed by atoms with E-state index in [9.17, 15) is 0 Å². The lowest BCUT2D eigenvalue weighted by molar-refractivity contribution is 0.453. The number of thioether (sulfide) groups is 1. The molecule has 1 aromatic heterocycles. The number of aromatic nitrogens is 1. The third kappa shape index (κ3) is 2.65. The van der Waals surface area contributed by atoms with Crippen LogP contribution in [-0.4, -0.2) is 11.5 Å². The van der Waals surface area contributed by atoms with Crippen molar-refractivity contribution in [1.29, 1.82) is 0 Å². The molecule has 0 aliphatic rings. The van der Waals surface area contributed by atoms with Gasteiger partial charge < -0.3 is 10.2 Å². The molecular weight excluding hydrogens is 220 g/mol. The molecule has 84 valence electrons. The maximum atomic E-state index is 5.77. The molecule has 1 unspecified atom stereocenters. The minimum absolute atomic E-state index is 0.194. The molecule has 0 spiro atoms. The molecule has 0 fully saturated rings. The Labute approximate surface area is 99.1 Å². The fourth-order valence-corrected chi connectivity index (χ4v) is 2.29. The molecular formula is C12H14N2OS. The monoisotopic (exact) mass is 234 g/mol. The van der Waals surface area contributed by atoms with Crippen LogP contribution in [0.15, 0.2) is 46.4 Å². The highest BCUT2D eigenvalue weighted by atomic mass is 32.2. The van der Waals surface area contributed by atoms with E-state index in [1.807, 2.05) is 0 Å². The Bertz CT molecular complexity index is 425. The summed E-state index contributed by atoms with van der Waals surface area (Å²) < 4.78 is 5.21. The van der Waals surface area contributed by atoms with Gasteiger partial charge in [-0.05, 0) is 12.5 Å². The molecule has 0 aliphatic heterocycles. The molecule has 2 rings (SSSR count). The van der Waals surface area contributed by atoms with Crippen LogP contribution in [0.1, 0.15) is 16.4 Å². The molecule has 1 heterocycles. The van der Waals surface area contributed by atoms with Crippen molar-refractivity contribution in [3.8, 4) is 0 Å². The molecule has 2 N–H and O–H groups in total. The summed E-state index contributed by atoms with van der Waals surface area (Å²) in [6.07, 6.45) is 3.22. The number of aryl methyl sites for hydroxylation is 1. The van der Waals surface area contributed by atoms with Gasteiger partial charge in [-0.2, -0.15) is 0 Å². The van der Waals surface area contributed by atoms with Gasteiger partial charge in [-0.25, -0.2) is 4.98 Å². The van der Waals surface area contributed by atoms with E-state index in [0.29, 0.717) is 11.8 Å². The van der Waals surface area contributed by atoms with E-state index in [1.165, 1.54) is 11.1 Å². The number of rotatable bonds is 4. The van der Waals surface area contributed by atoms with Crippen LogP contribution in [0.3, 0.4) is 0 Å². The highest BCUT2D eigenvalue weighted by Gasteiger charge is 2.13. The molecule has 0 saturated heterocycles. The second kappa shape index (κ2) is 5.18. The number of nitrogens with two attached hydrogens (primary N) is 1. The standard InChI is InChI=1S/C12H14N2OS/c1-9-2-4-10(5-3-9)11(8-13)16-12-14-6-7-15-12/h2-7,11H,8,13H2,1H3. The third-order valence-corrected chi connectivity index (χ3v) is 3.47. The summed E-state index contributed by atoms with van der Waals surface area (Å²) in [5, 5.41) is 0.857. The van der Waals surface area contributed by atoms with Gasteiger partial charge in [0.2, 0.25) is 0 Å². The summed E-state index contributed by atoms with van der Waals surface area (Å²) in [4.78, 5) is 4.09. The third-order valence-electron chi connectivity index (χ3n) is 2.32. The van der Waals surface area contributed by atoms with Crippen molar-refractivity contribution in [3.05, 3.63) is 47.9 Å². The predicted octanol–water partition coefficient (Wildman–Crippen LogP) is 2.78. The maximum Gasteiger partial charge on any atom is 0.256 e. The molecule has 0 aliphatic carbocycles. The largest absolute Gasteiger partial charge is 0.440 e. The van der Waals surface area contributed by atoms with E-state index in [-0.39, 0.29) is 5.25 Å². The summed E-state index contributed by atoms with van der Waals surface area (Å²) in [7, 11) is 0. The summed E-state index contributed by atoms with van der Waals surface area (Å²) in [6, 6.07) is 8.38. The molecule has 0 amide bonds. The van der Waals surface area contributed by atoms with Crippen LogP contribution in [0.25, 0.3) is 0 Å². The van der Waals surface area contributed by atoms with Gasteiger partial charge in [0, 0.05) is 6.54 Å². The Morgan fingerprint density at radius 2 is 2.12 bits per heavy atom. The number of oxazole rings is 1. The zero-order valence-corrected chi connectivity index (χ0v) is 9.91. The highest BCUT2D eigenvalue weighted by molar-refractivity contribution is 7.99. The second-order valence-corrected chi connectivity index (χ2v) is 4.70. The zero-order chi connectivity index (χ0) is 11.4. The Morgan fingerprint density at radius 3 is 2.69 bits per heavy atom. The first-order valence-electron chi connectivity index (χ1n) is 5.12. The van der Waals surface area contributed by atoms with Crippen molar-refractivity contribution >= 4 is 11.8 Å². The van der Waals surface area contributed by atoms with Crippen LogP contribution >= 0.6 is 11.8 Å². The van der Waals surface area contributed by atoms with Gasteiger partial charge in [-0.3, -0.25) is 0 Å². The van der Waals surface area contributed by atoms with Gasteiger partial charge in [0.25, 0.3) is 5.22 Å². The SMILES string of the molecule is Cc1ccc(C(CN)Sc2ncco2)cc1. The van der Waals surface area contributed by atoms with Crippen molar-refractivity contribution in [1.82, 2.24) is 4.98 Å². The fourth-order valence-electron chi connectivity index (χ4n) is 1.42. The molecule has 1 atom stereocenters. The topological polar surface area (TPSA) is 52.0 Å². The lowest BCUT2D eigenvalue weighted by Crippen LogP contribution is -2.09. The van der Waals surface area contributed by atoms with E-state index in [2.05, 4.69) is 36.2 Å². The van der Waals surface area contributed by atoms with E-state index >= 15 is 0 Å². The first-order chi connectivity index (χ1) is 7.79. The van der Waals surface area contributed by atoms with Crippen LogP contribution in [0.5, 0.6) is 0 Å². The van der Waals surface area contributed by atoms with E-state index in [0.717, 1.165) is 0 Å². The van der Waals surface area contributed by atoms with E-state index < -0.39 is 0 Å². The molecule has 0 saturated carbocycles. The van der Waals surface area contributed by atoms with Crippen LogP contribution in [-0.2, 0) is 0 Å². The van der Waals surface area contributed by atoms with Crippen LogP contribution in [0, 0.1) is 6.92 Å². The van der Waals surface area contributed by atoms with E-state index in [4.69, 9.17) is 10.2 Å². The number of hydrogen-bond acceptors (Lipinski definition) is 4. The van der Waals surface area contributed by atoms with Crippen LogP contribution in [0.2, 0.25) is 0 Å². The Kier molecular flexibility index (Phi) is 3.64. The average molecular weight is 234 g/mol. The van der Waals surface area contributed by atoms with Crippen LogP contribution in [0.4, 0.5) is 0 Å². The van der Waals surface area contributed by atoms with Gasteiger partial charge in [0.15, 0.2) is 0 Å². The quantitative estimate of drug-likeness (QED) is 0.826. The van der Waals surface area contributed by atoms with Crippen LogP contribution < -0.4 is 5.73 Å². The molecule has 2 aromatic rings. The fraction of sp³-hybridized carbons (Fsp3) is 0.250. The lowest BCUT2D eigenvalue weighted by atomic mass is 10.1. The first-order valence-corrected chi connectivity index (χ1v) is 6.00. The van der Waals surface area contributed by atoms with Crippen molar-refractivity contribution in [2.24, 2.45) is 5.73 Å². The minimum atomic E-state index is 0.194. The lowest BCUT2D eigenvalue weighted by Gasteiger charge is -2.12. The van der Waals surface area contributed by atoms with E-state index in [1.54, 1.807) is 24.2 Å². The number of benzene rings is 1. The Hall–Kier alpha value is -1.26. The Balaban J connectivity index is 2.13. The second-order valence-electron chi connectivity index (χ2n) is 3.55. The number of hydrogen-bond donors (Lipinski definition) is 1. The molecule has 4 heteroatoms. The zero-order valence-electron chi connectivity index (χ0n) is 9.09. The van der Waals surface area contributed by atoms with Gasteiger partial charge in [0.05, 0.1) is 11.4 Å². The van der Waals surface area contributed by atoms with Crippen molar-refractivity contribution in [2.45, 2.75) is 17.4 Å². The average Bonchev–Trinajstić information content (AvgIpc) is 2.80. The highest BCUT2D eigenvalue weighted by Crippen LogP contribution is 2.33. The van der Waals surface area contributed by atoms with Crippen molar-refractivity contribution in [2.75, 3.05) is 6.54 Å². The maximum absolute atomic E-state index is 5.77. The summed E-state index contributed by atoms with van der Waals surface area (Å²) in [5.74, 6) is 0. The van der Waals surface area contributed by atoms with Gasteiger partial charge in [0.1, 0.15) is 6.26 Å². The number of nitrogens with zero attached hydrogens (tertiary/aromatic N) is 1. The Morgan fingerprint density at radius 1 is 1.38 bits per heavy atom. The van der Waals surface area contributed by atoms with Gasteiger partial charge in [-0.15, -0.1) is 0 Å². The van der Waals surface area contributed by atoms with Gasteiger partial charge >= 0.3 is 0 Å². The summed E-state index contributed by atoms with van der Waals surface area (Å²) >= 11 is 1.55. The molecule has 0 bridgehead atoms.